The number of aromatic nitrogens is 3. The quantitative estimate of drug-likeness (QED) is 0.720. The van der Waals surface area contributed by atoms with E-state index in [1.54, 1.807) is 13.1 Å². The number of H-pyrrole nitrogens is 1. The van der Waals surface area contributed by atoms with Gasteiger partial charge in [-0.1, -0.05) is 23.3 Å². The minimum absolute atomic E-state index is 0.0998. The summed E-state index contributed by atoms with van der Waals surface area (Å²) in [5, 5.41) is 10.8. The lowest BCUT2D eigenvalue weighted by Crippen LogP contribution is -2.11. The number of amides is 1. The van der Waals surface area contributed by atoms with E-state index in [0.717, 1.165) is 10.9 Å². The monoisotopic (exact) mass is 242 g/mol. The molecule has 2 N–H and O–H groups in total. The zero-order valence-corrected chi connectivity index (χ0v) is 9.60. The maximum absolute atomic E-state index is 12.0. The second kappa shape index (κ2) is 3.99. The van der Waals surface area contributed by atoms with E-state index in [-0.39, 0.29) is 11.9 Å². The van der Waals surface area contributed by atoms with Gasteiger partial charge >= 0.3 is 6.01 Å². The summed E-state index contributed by atoms with van der Waals surface area (Å²) in [6.07, 6.45) is 1.66. The summed E-state index contributed by atoms with van der Waals surface area (Å²) in [5.41, 5.74) is 1.45. The predicted molar refractivity (Wildman–Crippen MR) is 65.3 cm³/mol. The van der Waals surface area contributed by atoms with Crippen molar-refractivity contribution >= 4 is 22.8 Å². The number of para-hydroxylation sites is 1. The Morgan fingerprint density at radius 3 is 2.94 bits per heavy atom. The van der Waals surface area contributed by atoms with Crippen molar-refractivity contribution in [3.8, 4) is 0 Å². The van der Waals surface area contributed by atoms with Crippen molar-refractivity contribution in [1.82, 2.24) is 15.2 Å². The Hall–Kier alpha value is -2.63. The number of benzene rings is 1. The van der Waals surface area contributed by atoms with Gasteiger partial charge in [-0.05, 0) is 6.07 Å². The molecule has 1 aromatic carbocycles. The molecule has 0 fully saturated rings. The van der Waals surface area contributed by atoms with Crippen LogP contribution in [0.25, 0.3) is 10.9 Å². The molecule has 0 radical (unpaired) electrons. The molecule has 2 aromatic heterocycles. The molecule has 0 bridgehead atoms. The summed E-state index contributed by atoms with van der Waals surface area (Å²) in [6.45, 7) is 1.66. The Balaban J connectivity index is 1.92. The van der Waals surface area contributed by atoms with Crippen LogP contribution in [0.15, 0.2) is 34.9 Å². The molecular formula is C12H10N4O2. The zero-order chi connectivity index (χ0) is 12.5. The standard InChI is InChI=1S/C12H10N4O2/c1-7-15-16-12(18-7)14-11(17)9-6-13-10-5-3-2-4-8(9)10/h2-6,13H,1H3,(H,14,16,17). The molecule has 3 rings (SSSR count). The fraction of sp³-hybridized carbons (Fsp3) is 0.0833. The van der Waals surface area contributed by atoms with Crippen molar-refractivity contribution in [3.05, 3.63) is 41.9 Å². The Bertz CT molecular complexity index is 714. The Morgan fingerprint density at radius 1 is 1.33 bits per heavy atom. The number of aromatic amines is 1. The molecule has 0 atom stereocenters. The summed E-state index contributed by atoms with van der Waals surface area (Å²) in [5.74, 6) is 0.125. The molecule has 0 aliphatic rings. The molecule has 6 nitrogen and oxygen atoms in total. The van der Waals surface area contributed by atoms with E-state index in [1.807, 2.05) is 24.3 Å². The topological polar surface area (TPSA) is 83.8 Å². The first-order valence-electron chi connectivity index (χ1n) is 5.41. The van der Waals surface area contributed by atoms with Crippen LogP contribution in [-0.2, 0) is 0 Å². The first kappa shape index (κ1) is 10.5. The number of nitrogens with one attached hydrogen (secondary N) is 2. The highest BCUT2D eigenvalue weighted by atomic mass is 16.4. The Labute approximate surface area is 102 Å². The molecular weight excluding hydrogens is 232 g/mol. The SMILES string of the molecule is Cc1nnc(NC(=O)c2c[nH]c3ccccc23)o1. The first-order valence-corrected chi connectivity index (χ1v) is 5.41. The highest BCUT2D eigenvalue weighted by Gasteiger charge is 2.14. The van der Waals surface area contributed by atoms with Gasteiger partial charge in [0, 0.05) is 24.0 Å². The highest BCUT2D eigenvalue weighted by molar-refractivity contribution is 6.12. The lowest BCUT2D eigenvalue weighted by Gasteiger charge is -1.98. The molecule has 90 valence electrons. The minimum Gasteiger partial charge on any atom is -0.408 e. The molecule has 0 aliphatic carbocycles. The summed E-state index contributed by atoms with van der Waals surface area (Å²) < 4.78 is 5.10. The van der Waals surface area contributed by atoms with E-state index < -0.39 is 0 Å². The Kier molecular flexibility index (Phi) is 2.33. The number of carbonyl (C=O) groups excluding carboxylic acids is 1. The van der Waals surface area contributed by atoms with Gasteiger partial charge in [0.25, 0.3) is 5.91 Å². The zero-order valence-electron chi connectivity index (χ0n) is 9.60. The first-order chi connectivity index (χ1) is 8.74. The third-order valence-corrected chi connectivity index (χ3v) is 2.58. The number of fused-ring (bicyclic) bond motifs is 1. The van der Waals surface area contributed by atoms with Gasteiger partial charge in [-0.15, -0.1) is 5.10 Å². The van der Waals surface area contributed by atoms with Crippen LogP contribution in [0.5, 0.6) is 0 Å². The highest BCUT2D eigenvalue weighted by Crippen LogP contribution is 2.18. The lowest BCUT2D eigenvalue weighted by atomic mass is 10.2. The van der Waals surface area contributed by atoms with E-state index in [1.165, 1.54) is 0 Å². The Morgan fingerprint density at radius 2 is 2.17 bits per heavy atom. The van der Waals surface area contributed by atoms with Crippen LogP contribution >= 0.6 is 0 Å². The van der Waals surface area contributed by atoms with Crippen molar-refractivity contribution in [3.63, 3.8) is 0 Å². The van der Waals surface area contributed by atoms with Crippen molar-refractivity contribution < 1.29 is 9.21 Å². The molecule has 0 aliphatic heterocycles. The van der Waals surface area contributed by atoms with Crippen LogP contribution in [0.3, 0.4) is 0 Å². The van der Waals surface area contributed by atoms with Gasteiger partial charge in [0.15, 0.2) is 0 Å². The third-order valence-electron chi connectivity index (χ3n) is 2.58. The average molecular weight is 242 g/mol. The summed E-state index contributed by atoms with van der Waals surface area (Å²) >= 11 is 0. The number of aryl methyl sites for hydroxylation is 1. The van der Waals surface area contributed by atoms with Gasteiger partial charge in [0.05, 0.1) is 5.56 Å². The second-order valence-corrected chi connectivity index (χ2v) is 3.83. The fourth-order valence-electron chi connectivity index (χ4n) is 1.77. The molecule has 0 saturated heterocycles. The van der Waals surface area contributed by atoms with E-state index in [4.69, 9.17) is 4.42 Å². The second-order valence-electron chi connectivity index (χ2n) is 3.83. The summed E-state index contributed by atoms with van der Waals surface area (Å²) in [6, 6.07) is 7.66. The number of nitrogens with zero attached hydrogens (tertiary/aromatic N) is 2. The normalized spacial score (nSPS) is 10.7. The van der Waals surface area contributed by atoms with Crippen LogP contribution in [0.1, 0.15) is 16.2 Å². The van der Waals surface area contributed by atoms with Gasteiger partial charge in [0.1, 0.15) is 0 Å². The third kappa shape index (κ3) is 1.73. The molecule has 0 saturated carbocycles. The summed E-state index contributed by atoms with van der Waals surface area (Å²) in [7, 11) is 0. The maximum Gasteiger partial charge on any atom is 0.322 e. The smallest absolute Gasteiger partial charge is 0.322 e. The van der Waals surface area contributed by atoms with Crippen molar-refractivity contribution in [2.24, 2.45) is 0 Å². The van der Waals surface area contributed by atoms with E-state index in [0.29, 0.717) is 11.5 Å². The van der Waals surface area contributed by atoms with Gasteiger partial charge in [-0.25, -0.2) is 0 Å². The molecule has 18 heavy (non-hydrogen) atoms. The molecule has 6 heteroatoms. The van der Waals surface area contributed by atoms with E-state index in [9.17, 15) is 4.79 Å². The van der Waals surface area contributed by atoms with Crippen molar-refractivity contribution in [2.45, 2.75) is 6.92 Å². The van der Waals surface area contributed by atoms with Crippen molar-refractivity contribution in [2.75, 3.05) is 5.32 Å². The average Bonchev–Trinajstić information content (AvgIpc) is 2.95. The molecule has 2 heterocycles. The molecule has 1 amide bonds. The molecule has 0 unspecified atom stereocenters. The maximum atomic E-state index is 12.0. The molecule has 0 spiro atoms. The minimum atomic E-state index is -0.281. The lowest BCUT2D eigenvalue weighted by molar-refractivity contribution is 0.102. The van der Waals surface area contributed by atoms with Crippen LogP contribution in [0, 0.1) is 6.92 Å². The van der Waals surface area contributed by atoms with Crippen LogP contribution < -0.4 is 5.32 Å². The van der Waals surface area contributed by atoms with Crippen molar-refractivity contribution in [1.29, 1.82) is 0 Å². The van der Waals surface area contributed by atoms with Crippen LogP contribution in [-0.4, -0.2) is 21.1 Å². The van der Waals surface area contributed by atoms with E-state index in [2.05, 4.69) is 20.5 Å². The van der Waals surface area contributed by atoms with E-state index >= 15 is 0 Å². The van der Waals surface area contributed by atoms with Gasteiger partial charge in [-0.2, -0.15) is 0 Å². The van der Waals surface area contributed by atoms with Gasteiger partial charge < -0.3 is 9.40 Å². The van der Waals surface area contributed by atoms with Gasteiger partial charge in [-0.3, -0.25) is 10.1 Å². The molecule has 3 aromatic rings. The largest absolute Gasteiger partial charge is 0.408 e. The number of hydrogen-bond donors (Lipinski definition) is 2. The number of rotatable bonds is 2. The number of carbonyl (C=O) groups is 1. The predicted octanol–water partition coefficient (Wildman–Crippen LogP) is 2.11. The van der Waals surface area contributed by atoms with Gasteiger partial charge in [0.2, 0.25) is 5.89 Å². The number of anilines is 1. The number of hydrogen-bond acceptors (Lipinski definition) is 4. The fourth-order valence-corrected chi connectivity index (χ4v) is 1.77. The van der Waals surface area contributed by atoms with Crippen LogP contribution in [0.2, 0.25) is 0 Å². The van der Waals surface area contributed by atoms with Crippen LogP contribution in [0.4, 0.5) is 6.01 Å². The summed E-state index contributed by atoms with van der Waals surface area (Å²) in [4.78, 5) is 15.1.